The zero-order valence-electron chi connectivity index (χ0n) is 6.48. The number of nitrogens with two attached hydrogens (primary N) is 1. The topological polar surface area (TPSA) is 58.9 Å². The van der Waals surface area contributed by atoms with E-state index in [-0.39, 0.29) is 22.3 Å². The van der Waals surface area contributed by atoms with E-state index >= 15 is 0 Å². The van der Waals surface area contributed by atoms with Gasteiger partial charge in [-0.05, 0) is 6.07 Å². The lowest BCUT2D eigenvalue weighted by molar-refractivity contribution is 0.152. The van der Waals surface area contributed by atoms with Crippen LogP contribution in [0.5, 0.6) is 0 Å². The van der Waals surface area contributed by atoms with Crippen molar-refractivity contribution in [3.05, 3.63) is 27.5 Å². The Bertz CT molecular complexity index is 364. The summed E-state index contributed by atoms with van der Waals surface area (Å²) in [6.07, 6.45) is -2.67. The van der Waals surface area contributed by atoms with Crippen molar-refractivity contribution < 1.29 is 8.78 Å². The Kier molecular flexibility index (Phi) is 3.02. The van der Waals surface area contributed by atoms with Crippen molar-refractivity contribution in [2.45, 2.75) is 11.8 Å². The molecule has 0 amide bonds. The van der Waals surface area contributed by atoms with Crippen LogP contribution in [0.2, 0.25) is 0 Å². The molecule has 0 aliphatic rings. The average Bonchev–Trinajstić information content (AvgIpc) is 2.03. The molecule has 1 aromatic heterocycles. The Balaban J connectivity index is 3.31. The fraction of sp³-hybridized carbons (Fsp3) is 0.286. The van der Waals surface area contributed by atoms with Crippen LogP contribution in [0.1, 0.15) is 17.6 Å². The first-order chi connectivity index (χ1) is 6.06. The summed E-state index contributed by atoms with van der Waals surface area (Å²) in [5.41, 5.74) is 4.65. The molecule has 1 heterocycles. The Morgan fingerprint density at radius 2 is 2.23 bits per heavy atom. The number of hydrogen-bond acceptors (Lipinski definition) is 2. The molecule has 72 valence electrons. The number of alkyl halides is 3. The van der Waals surface area contributed by atoms with Crippen molar-refractivity contribution in [3.8, 4) is 0 Å². The van der Waals surface area contributed by atoms with Crippen molar-refractivity contribution in [1.29, 1.82) is 0 Å². The summed E-state index contributed by atoms with van der Waals surface area (Å²) in [6.45, 7) is 0. The predicted octanol–water partition coefficient (Wildman–Crippen LogP) is 1.79. The molecule has 0 saturated carbocycles. The van der Waals surface area contributed by atoms with Gasteiger partial charge in [-0.25, -0.2) is 8.78 Å². The standard InChI is InChI=1S/C7H7BrF2N2O/c8-2-3-1-4(5(9)10)6(11)12-7(3)13/h1,5H,2H2,(H3,11,12,13). The third kappa shape index (κ3) is 2.06. The average molecular weight is 253 g/mol. The van der Waals surface area contributed by atoms with E-state index in [9.17, 15) is 13.6 Å². The number of halogens is 3. The molecule has 0 aromatic carbocycles. The summed E-state index contributed by atoms with van der Waals surface area (Å²) < 4.78 is 24.5. The van der Waals surface area contributed by atoms with Crippen LogP contribution in [0.3, 0.4) is 0 Å². The molecule has 0 radical (unpaired) electrons. The van der Waals surface area contributed by atoms with Crippen LogP contribution in [0.4, 0.5) is 14.6 Å². The SMILES string of the molecule is Nc1[nH]c(=O)c(CBr)cc1C(F)F. The molecule has 0 bridgehead atoms. The van der Waals surface area contributed by atoms with Crippen LogP contribution in [-0.4, -0.2) is 4.98 Å². The summed E-state index contributed by atoms with van der Waals surface area (Å²) >= 11 is 3.01. The van der Waals surface area contributed by atoms with E-state index in [1.807, 2.05) is 0 Å². The Morgan fingerprint density at radius 1 is 1.62 bits per heavy atom. The molecule has 0 atom stereocenters. The molecular formula is C7H7BrF2N2O. The fourth-order valence-electron chi connectivity index (χ4n) is 0.886. The molecule has 13 heavy (non-hydrogen) atoms. The van der Waals surface area contributed by atoms with Crippen molar-refractivity contribution >= 4 is 21.7 Å². The van der Waals surface area contributed by atoms with Crippen molar-refractivity contribution in [3.63, 3.8) is 0 Å². The number of nitrogens with one attached hydrogen (secondary N) is 1. The maximum atomic E-state index is 12.3. The molecule has 0 saturated heterocycles. The van der Waals surface area contributed by atoms with Gasteiger partial charge in [0, 0.05) is 10.9 Å². The summed E-state index contributed by atoms with van der Waals surface area (Å²) in [6, 6.07) is 1.10. The van der Waals surface area contributed by atoms with Gasteiger partial charge in [-0.3, -0.25) is 4.79 Å². The van der Waals surface area contributed by atoms with Crippen LogP contribution in [0, 0.1) is 0 Å². The van der Waals surface area contributed by atoms with Gasteiger partial charge in [0.25, 0.3) is 12.0 Å². The lowest BCUT2D eigenvalue weighted by Gasteiger charge is -2.05. The van der Waals surface area contributed by atoms with Gasteiger partial charge in [0.05, 0.1) is 5.56 Å². The minimum atomic E-state index is -2.67. The smallest absolute Gasteiger partial charge is 0.267 e. The maximum Gasteiger partial charge on any atom is 0.267 e. The van der Waals surface area contributed by atoms with Crippen LogP contribution in [0.25, 0.3) is 0 Å². The quantitative estimate of drug-likeness (QED) is 0.789. The lowest BCUT2D eigenvalue weighted by atomic mass is 10.2. The lowest BCUT2D eigenvalue weighted by Crippen LogP contribution is -2.15. The first-order valence-corrected chi connectivity index (χ1v) is 4.54. The van der Waals surface area contributed by atoms with Gasteiger partial charge in [0.15, 0.2) is 0 Å². The largest absolute Gasteiger partial charge is 0.385 e. The summed E-state index contributed by atoms with van der Waals surface area (Å²) in [5, 5.41) is 0.225. The second kappa shape index (κ2) is 3.87. The first kappa shape index (κ1) is 10.2. The van der Waals surface area contributed by atoms with E-state index < -0.39 is 12.0 Å². The predicted molar refractivity (Wildman–Crippen MR) is 49.1 cm³/mol. The number of aromatic amines is 1. The van der Waals surface area contributed by atoms with Gasteiger partial charge in [0.2, 0.25) is 0 Å². The Labute approximate surface area is 81.1 Å². The fourth-order valence-corrected chi connectivity index (χ4v) is 1.30. The zero-order chi connectivity index (χ0) is 10.0. The molecule has 1 rings (SSSR count). The normalized spacial score (nSPS) is 10.8. The molecule has 3 N–H and O–H groups in total. The monoisotopic (exact) mass is 252 g/mol. The molecule has 3 nitrogen and oxygen atoms in total. The van der Waals surface area contributed by atoms with E-state index in [1.54, 1.807) is 0 Å². The summed E-state index contributed by atoms with van der Waals surface area (Å²) in [4.78, 5) is 13.2. The molecular weight excluding hydrogens is 246 g/mol. The molecule has 0 spiro atoms. The van der Waals surface area contributed by atoms with Gasteiger partial charge < -0.3 is 10.7 Å². The van der Waals surface area contributed by atoms with E-state index in [0.717, 1.165) is 6.07 Å². The Hall–Kier alpha value is -0.910. The first-order valence-electron chi connectivity index (χ1n) is 3.42. The van der Waals surface area contributed by atoms with E-state index in [2.05, 4.69) is 20.9 Å². The van der Waals surface area contributed by atoms with Gasteiger partial charge in [-0.15, -0.1) is 0 Å². The molecule has 1 aromatic rings. The second-order valence-electron chi connectivity index (χ2n) is 2.43. The molecule has 0 aliphatic carbocycles. The highest BCUT2D eigenvalue weighted by atomic mass is 79.9. The van der Waals surface area contributed by atoms with Crippen LogP contribution in [-0.2, 0) is 5.33 Å². The van der Waals surface area contributed by atoms with Gasteiger partial charge in [-0.2, -0.15) is 0 Å². The molecule has 0 unspecified atom stereocenters. The third-order valence-electron chi connectivity index (χ3n) is 1.56. The number of nitrogen functional groups attached to an aromatic ring is 1. The van der Waals surface area contributed by atoms with Crippen LogP contribution in [0.15, 0.2) is 10.9 Å². The second-order valence-corrected chi connectivity index (χ2v) is 2.99. The Morgan fingerprint density at radius 3 is 2.69 bits per heavy atom. The number of rotatable bonds is 2. The summed E-state index contributed by atoms with van der Waals surface area (Å²) in [5.74, 6) is -0.273. The van der Waals surface area contributed by atoms with E-state index in [4.69, 9.17) is 5.73 Å². The number of H-pyrrole nitrogens is 1. The number of aromatic nitrogens is 1. The number of hydrogen-bond donors (Lipinski definition) is 2. The minimum Gasteiger partial charge on any atom is -0.385 e. The maximum absolute atomic E-state index is 12.3. The highest BCUT2D eigenvalue weighted by Gasteiger charge is 2.13. The molecule has 6 heteroatoms. The van der Waals surface area contributed by atoms with Gasteiger partial charge in [-0.1, -0.05) is 15.9 Å². The van der Waals surface area contributed by atoms with Crippen LogP contribution < -0.4 is 11.3 Å². The highest BCUT2D eigenvalue weighted by Crippen LogP contribution is 2.23. The molecule has 0 aliphatic heterocycles. The van der Waals surface area contributed by atoms with Gasteiger partial charge >= 0.3 is 0 Å². The van der Waals surface area contributed by atoms with E-state index in [0.29, 0.717) is 0 Å². The number of pyridine rings is 1. The van der Waals surface area contributed by atoms with Crippen molar-refractivity contribution in [2.75, 3.05) is 5.73 Å². The number of anilines is 1. The van der Waals surface area contributed by atoms with Crippen LogP contribution >= 0.6 is 15.9 Å². The third-order valence-corrected chi connectivity index (χ3v) is 2.16. The van der Waals surface area contributed by atoms with Gasteiger partial charge in [0.1, 0.15) is 5.82 Å². The van der Waals surface area contributed by atoms with Crippen molar-refractivity contribution in [1.82, 2.24) is 4.98 Å². The highest BCUT2D eigenvalue weighted by molar-refractivity contribution is 9.08. The minimum absolute atomic E-state index is 0.225. The van der Waals surface area contributed by atoms with Crippen molar-refractivity contribution in [2.24, 2.45) is 0 Å². The molecule has 0 fully saturated rings. The van der Waals surface area contributed by atoms with E-state index in [1.165, 1.54) is 0 Å². The zero-order valence-corrected chi connectivity index (χ0v) is 8.07. The summed E-state index contributed by atoms with van der Waals surface area (Å²) in [7, 11) is 0.